The first-order valence-electron chi connectivity index (χ1n) is 7.47. The van der Waals surface area contributed by atoms with Crippen molar-refractivity contribution in [3.05, 3.63) is 29.8 Å². The zero-order chi connectivity index (χ0) is 16.5. The average molecular weight is 307 g/mol. The summed E-state index contributed by atoms with van der Waals surface area (Å²) in [6, 6.07) is 6.20. The molecular weight excluding hydrogens is 282 g/mol. The van der Waals surface area contributed by atoms with Gasteiger partial charge in [0.25, 0.3) is 0 Å². The lowest BCUT2D eigenvalue weighted by molar-refractivity contribution is -0.145. The molecule has 2 amide bonds. The summed E-state index contributed by atoms with van der Waals surface area (Å²) in [6.45, 7) is 6.37. The van der Waals surface area contributed by atoms with Crippen molar-refractivity contribution in [2.45, 2.75) is 39.8 Å². The van der Waals surface area contributed by atoms with Crippen molar-refractivity contribution in [3.63, 3.8) is 0 Å². The average Bonchev–Trinajstić information content (AvgIpc) is 2.46. The minimum absolute atomic E-state index is 0.270. The van der Waals surface area contributed by atoms with Crippen LogP contribution in [0.25, 0.3) is 0 Å². The van der Waals surface area contributed by atoms with Crippen LogP contribution in [0.3, 0.4) is 0 Å². The topological polar surface area (TPSA) is 93.4 Å². The quantitative estimate of drug-likeness (QED) is 0.531. The Morgan fingerprint density at radius 2 is 1.86 bits per heavy atom. The van der Waals surface area contributed by atoms with Crippen LogP contribution in [0.4, 0.5) is 10.5 Å². The normalized spacial score (nSPS) is 11.8. The zero-order valence-electron chi connectivity index (χ0n) is 13.4. The molecule has 0 fully saturated rings. The highest BCUT2D eigenvalue weighted by molar-refractivity contribution is 5.83. The predicted octanol–water partition coefficient (Wildman–Crippen LogP) is 2.05. The lowest BCUT2D eigenvalue weighted by Crippen LogP contribution is -2.47. The summed E-state index contributed by atoms with van der Waals surface area (Å²) in [5, 5.41) is 5.39. The number of ether oxygens (including phenoxy) is 1. The van der Waals surface area contributed by atoms with Crippen molar-refractivity contribution >= 4 is 17.7 Å². The Balaban J connectivity index is 2.51. The van der Waals surface area contributed by atoms with E-state index in [0.29, 0.717) is 25.3 Å². The number of anilines is 1. The molecule has 0 saturated carbocycles. The zero-order valence-corrected chi connectivity index (χ0v) is 13.4. The van der Waals surface area contributed by atoms with Crippen molar-refractivity contribution in [1.82, 2.24) is 10.6 Å². The first kappa shape index (κ1) is 17.8. The first-order chi connectivity index (χ1) is 10.4. The minimum atomic E-state index is -0.633. The Bertz CT molecular complexity index is 486. The number of urea groups is 1. The van der Waals surface area contributed by atoms with Gasteiger partial charge < -0.3 is 21.1 Å². The van der Waals surface area contributed by atoms with Crippen LogP contribution in [0.2, 0.25) is 0 Å². The van der Waals surface area contributed by atoms with Crippen LogP contribution >= 0.6 is 0 Å². The summed E-state index contributed by atoms with van der Waals surface area (Å²) < 4.78 is 4.99. The molecule has 0 aliphatic rings. The molecule has 0 radical (unpaired) electrons. The van der Waals surface area contributed by atoms with Gasteiger partial charge in [0.2, 0.25) is 0 Å². The van der Waals surface area contributed by atoms with E-state index in [-0.39, 0.29) is 5.92 Å². The molecule has 0 saturated heterocycles. The van der Waals surface area contributed by atoms with Gasteiger partial charge in [-0.05, 0) is 37.0 Å². The van der Waals surface area contributed by atoms with Crippen molar-refractivity contribution < 1.29 is 14.3 Å². The Kier molecular flexibility index (Phi) is 7.22. The first-order valence-corrected chi connectivity index (χ1v) is 7.47. The van der Waals surface area contributed by atoms with Gasteiger partial charge in [-0.25, -0.2) is 9.59 Å². The molecule has 1 atom stereocenters. The third kappa shape index (κ3) is 6.47. The van der Waals surface area contributed by atoms with E-state index < -0.39 is 18.0 Å². The molecule has 0 bridgehead atoms. The fourth-order valence-electron chi connectivity index (χ4n) is 1.96. The van der Waals surface area contributed by atoms with E-state index in [4.69, 9.17) is 10.5 Å². The summed E-state index contributed by atoms with van der Waals surface area (Å²) in [4.78, 5) is 23.8. The van der Waals surface area contributed by atoms with Crippen molar-refractivity contribution in [2.75, 3.05) is 12.3 Å². The third-order valence-corrected chi connectivity index (χ3v) is 3.02. The van der Waals surface area contributed by atoms with Gasteiger partial charge in [-0.2, -0.15) is 0 Å². The standard InChI is InChI=1S/C16H25N3O3/c1-4-22-15(20)14(9-11(2)3)19-16(21)18-10-12-5-7-13(17)8-6-12/h5-8,11,14H,4,9-10,17H2,1-3H3,(H2,18,19,21). The smallest absolute Gasteiger partial charge is 0.328 e. The van der Waals surface area contributed by atoms with Crippen LogP contribution in [-0.2, 0) is 16.1 Å². The van der Waals surface area contributed by atoms with E-state index in [1.54, 1.807) is 19.1 Å². The number of rotatable bonds is 7. The van der Waals surface area contributed by atoms with E-state index >= 15 is 0 Å². The van der Waals surface area contributed by atoms with Gasteiger partial charge in [-0.1, -0.05) is 26.0 Å². The van der Waals surface area contributed by atoms with Crippen LogP contribution in [0.1, 0.15) is 32.8 Å². The van der Waals surface area contributed by atoms with E-state index in [1.807, 2.05) is 26.0 Å². The second-order valence-electron chi connectivity index (χ2n) is 5.50. The molecule has 6 heteroatoms. The van der Waals surface area contributed by atoms with Gasteiger partial charge in [0.15, 0.2) is 0 Å². The summed E-state index contributed by atoms with van der Waals surface area (Å²) >= 11 is 0. The predicted molar refractivity (Wildman–Crippen MR) is 86.1 cm³/mol. The molecule has 122 valence electrons. The van der Waals surface area contributed by atoms with Crippen LogP contribution in [0.5, 0.6) is 0 Å². The van der Waals surface area contributed by atoms with Gasteiger partial charge in [-0.15, -0.1) is 0 Å². The SMILES string of the molecule is CCOC(=O)C(CC(C)C)NC(=O)NCc1ccc(N)cc1. The monoisotopic (exact) mass is 307 g/mol. The molecule has 22 heavy (non-hydrogen) atoms. The van der Waals surface area contributed by atoms with E-state index in [2.05, 4.69) is 10.6 Å². The Hall–Kier alpha value is -2.24. The third-order valence-electron chi connectivity index (χ3n) is 3.02. The number of esters is 1. The number of carbonyl (C=O) groups is 2. The molecule has 1 unspecified atom stereocenters. The molecule has 4 N–H and O–H groups in total. The Morgan fingerprint density at radius 3 is 2.41 bits per heavy atom. The maximum atomic E-state index is 11.9. The van der Waals surface area contributed by atoms with Crippen LogP contribution < -0.4 is 16.4 Å². The number of benzene rings is 1. The molecular formula is C16H25N3O3. The van der Waals surface area contributed by atoms with Crippen molar-refractivity contribution in [1.29, 1.82) is 0 Å². The number of carbonyl (C=O) groups excluding carboxylic acids is 2. The van der Waals surface area contributed by atoms with E-state index in [9.17, 15) is 9.59 Å². The number of amides is 2. The minimum Gasteiger partial charge on any atom is -0.464 e. The maximum Gasteiger partial charge on any atom is 0.328 e. The molecule has 1 aromatic rings. The molecule has 0 heterocycles. The lowest BCUT2D eigenvalue weighted by atomic mass is 10.0. The molecule has 0 spiro atoms. The van der Waals surface area contributed by atoms with Gasteiger partial charge in [0.1, 0.15) is 6.04 Å². The summed E-state index contributed by atoms with van der Waals surface area (Å²) in [6.07, 6.45) is 0.536. The van der Waals surface area contributed by atoms with Crippen LogP contribution in [-0.4, -0.2) is 24.6 Å². The van der Waals surface area contributed by atoms with E-state index in [0.717, 1.165) is 5.56 Å². The number of nitrogens with one attached hydrogen (secondary N) is 2. The van der Waals surface area contributed by atoms with Gasteiger partial charge >= 0.3 is 12.0 Å². The summed E-state index contributed by atoms with van der Waals surface area (Å²) in [7, 11) is 0. The number of nitrogens with two attached hydrogens (primary N) is 1. The number of hydrogen-bond donors (Lipinski definition) is 3. The Morgan fingerprint density at radius 1 is 1.23 bits per heavy atom. The number of nitrogen functional groups attached to an aromatic ring is 1. The highest BCUT2D eigenvalue weighted by atomic mass is 16.5. The highest BCUT2D eigenvalue weighted by Gasteiger charge is 2.22. The second kappa shape index (κ2) is 8.92. The molecule has 0 aliphatic carbocycles. The fraction of sp³-hybridized carbons (Fsp3) is 0.500. The van der Waals surface area contributed by atoms with Gasteiger partial charge in [0.05, 0.1) is 6.61 Å². The molecule has 1 rings (SSSR count). The number of hydrogen-bond acceptors (Lipinski definition) is 4. The maximum absolute atomic E-state index is 11.9. The van der Waals surface area contributed by atoms with Gasteiger partial charge in [0, 0.05) is 12.2 Å². The van der Waals surface area contributed by atoms with Gasteiger partial charge in [-0.3, -0.25) is 0 Å². The molecule has 6 nitrogen and oxygen atoms in total. The van der Waals surface area contributed by atoms with E-state index in [1.165, 1.54) is 0 Å². The van der Waals surface area contributed by atoms with Crippen LogP contribution in [0.15, 0.2) is 24.3 Å². The fourth-order valence-corrected chi connectivity index (χ4v) is 1.96. The second-order valence-corrected chi connectivity index (χ2v) is 5.50. The summed E-state index contributed by atoms with van der Waals surface area (Å²) in [5.74, 6) is -0.134. The molecule has 0 aromatic heterocycles. The largest absolute Gasteiger partial charge is 0.464 e. The van der Waals surface area contributed by atoms with Crippen LogP contribution in [0, 0.1) is 5.92 Å². The molecule has 1 aromatic carbocycles. The Labute approximate surface area is 131 Å². The lowest BCUT2D eigenvalue weighted by Gasteiger charge is -2.19. The van der Waals surface area contributed by atoms with Crippen molar-refractivity contribution in [2.24, 2.45) is 5.92 Å². The van der Waals surface area contributed by atoms with Crippen molar-refractivity contribution in [3.8, 4) is 0 Å². The highest BCUT2D eigenvalue weighted by Crippen LogP contribution is 2.07. The molecule has 0 aliphatic heterocycles. The summed E-state index contributed by atoms with van der Waals surface area (Å²) in [5.41, 5.74) is 7.21.